The van der Waals surface area contributed by atoms with E-state index in [4.69, 9.17) is 0 Å². The molecule has 0 aliphatic rings. The number of amides is 3. The maximum atomic E-state index is 12.1. The number of benzene rings is 2. The van der Waals surface area contributed by atoms with E-state index in [2.05, 4.69) is 21.3 Å². The Bertz CT molecular complexity index is 803. The van der Waals surface area contributed by atoms with Gasteiger partial charge in [-0.1, -0.05) is 13.0 Å². The molecule has 27 heavy (non-hydrogen) atoms. The first kappa shape index (κ1) is 20.0. The van der Waals surface area contributed by atoms with Crippen molar-refractivity contribution in [1.29, 1.82) is 0 Å². The Kier molecular flexibility index (Phi) is 7.37. The molecule has 2 aromatic rings. The zero-order valence-electron chi connectivity index (χ0n) is 15.5. The fraction of sp³-hybridized carbons (Fsp3) is 0.250. The monoisotopic (exact) mass is 368 g/mol. The van der Waals surface area contributed by atoms with Gasteiger partial charge in [-0.3, -0.25) is 14.4 Å². The van der Waals surface area contributed by atoms with E-state index in [1.165, 1.54) is 0 Å². The smallest absolute Gasteiger partial charge is 0.251 e. The van der Waals surface area contributed by atoms with Crippen LogP contribution >= 0.6 is 0 Å². The third kappa shape index (κ3) is 6.14. The third-order valence-electron chi connectivity index (χ3n) is 3.77. The molecule has 0 radical (unpaired) electrons. The van der Waals surface area contributed by atoms with Crippen molar-refractivity contribution in [3.63, 3.8) is 0 Å². The van der Waals surface area contributed by atoms with Crippen molar-refractivity contribution < 1.29 is 14.4 Å². The number of hydrogen-bond donors (Lipinski definition) is 4. The number of rotatable bonds is 8. The van der Waals surface area contributed by atoms with Gasteiger partial charge in [0, 0.05) is 36.1 Å². The molecule has 0 aliphatic carbocycles. The van der Waals surface area contributed by atoms with Gasteiger partial charge in [0.2, 0.25) is 5.91 Å². The molecular formula is C20H24N4O3. The van der Waals surface area contributed by atoms with Gasteiger partial charge in [-0.25, -0.2) is 0 Å². The average molecular weight is 368 g/mol. The second kappa shape index (κ2) is 9.96. The van der Waals surface area contributed by atoms with Crippen LogP contribution in [-0.4, -0.2) is 37.9 Å². The van der Waals surface area contributed by atoms with Crippen molar-refractivity contribution in [2.24, 2.45) is 0 Å². The molecule has 7 nitrogen and oxygen atoms in total. The zero-order valence-corrected chi connectivity index (χ0v) is 15.5. The molecule has 142 valence electrons. The SMILES string of the molecule is CCCNC(=O)c1cccc(NC(=O)CNc2ccc(C(=O)NC)cc2)c1. The molecule has 2 aromatic carbocycles. The van der Waals surface area contributed by atoms with Gasteiger partial charge in [0.15, 0.2) is 0 Å². The Morgan fingerprint density at radius 1 is 0.889 bits per heavy atom. The molecule has 4 N–H and O–H groups in total. The summed E-state index contributed by atoms with van der Waals surface area (Å²) in [5.41, 5.74) is 2.33. The predicted molar refractivity (Wildman–Crippen MR) is 106 cm³/mol. The van der Waals surface area contributed by atoms with Crippen LogP contribution in [0.1, 0.15) is 34.1 Å². The van der Waals surface area contributed by atoms with Crippen molar-refractivity contribution in [3.8, 4) is 0 Å². The van der Waals surface area contributed by atoms with Crippen molar-refractivity contribution in [1.82, 2.24) is 10.6 Å². The lowest BCUT2D eigenvalue weighted by atomic mass is 10.2. The first-order chi connectivity index (χ1) is 13.0. The second-order valence-corrected chi connectivity index (χ2v) is 5.89. The number of hydrogen-bond acceptors (Lipinski definition) is 4. The van der Waals surface area contributed by atoms with Gasteiger partial charge in [0.25, 0.3) is 11.8 Å². The molecule has 0 saturated carbocycles. The molecule has 0 aliphatic heterocycles. The number of nitrogens with one attached hydrogen (secondary N) is 4. The Hall–Kier alpha value is -3.35. The van der Waals surface area contributed by atoms with Crippen LogP contribution in [0, 0.1) is 0 Å². The maximum absolute atomic E-state index is 12.1. The van der Waals surface area contributed by atoms with Crippen molar-refractivity contribution in [3.05, 3.63) is 59.7 Å². The molecule has 0 saturated heterocycles. The van der Waals surface area contributed by atoms with Crippen LogP contribution in [0.3, 0.4) is 0 Å². The summed E-state index contributed by atoms with van der Waals surface area (Å²) < 4.78 is 0. The highest BCUT2D eigenvalue weighted by atomic mass is 16.2. The molecule has 7 heteroatoms. The van der Waals surface area contributed by atoms with E-state index in [0.29, 0.717) is 23.4 Å². The van der Waals surface area contributed by atoms with E-state index in [1.807, 2.05) is 6.92 Å². The molecule has 0 aromatic heterocycles. The van der Waals surface area contributed by atoms with Crippen molar-refractivity contribution in [2.75, 3.05) is 30.8 Å². The van der Waals surface area contributed by atoms with E-state index < -0.39 is 0 Å². The topological polar surface area (TPSA) is 99.3 Å². The van der Waals surface area contributed by atoms with E-state index in [0.717, 1.165) is 12.1 Å². The molecule has 0 heterocycles. The zero-order chi connectivity index (χ0) is 19.6. The lowest BCUT2D eigenvalue weighted by molar-refractivity contribution is -0.114. The molecule has 3 amide bonds. The van der Waals surface area contributed by atoms with Crippen molar-refractivity contribution >= 4 is 29.1 Å². The summed E-state index contributed by atoms with van der Waals surface area (Å²) in [4.78, 5) is 35.6. The third-order valence-corrected chi connectivity index (χ3v) is 3.77. The predicted octanol–water partition coefficient (Wildman–Crippen LogP) is 2.24. The van der Waals surface area contributed by atoms with Gasteiger partial charge < -0.3 is 21.3 Å². The van der Waals surface area contributed by atoms with Gasteiger partial charge in [0.05, 0.1) is 6.54 Å². The van der Waals surface area contributed by atoms with Gasteiger partial charge >= 0.3 is 0 Å². The lowest BCUT2D eigenvalue weighted by Gasteiger charge is -2.10. The lowest BCUT2D eigenvalue weighted by Crippen LogP contribution is -2.25. The molecule has 0 unspecified atom stereocenters. The summed E-state index contributed by atoms with van der Waals surface area (Å²) in [6.45, 7) is 2.65. The van der Waals surface area contributed by atoms with Gasteiger partial charge in [-0.2, -0.15) is 0 Å². The standard InChI is InChI=1S/C20H24N4O3/c1-3-11-22-20(27)15-5-4-6-17(12-15)24-18(25)13-23-16-9-7-14(8-10-16)19(26)21-2/h4-10,12,23H,3,11,13H2,1-2H3,(H,21,26)(H,22,27)(H,24,25). The fourth-order valence-electron chi connectivity index (χ4n) is 2.35. The molecule has 0 atom stereocenters. The second-order valence-electron chi connectivity index (χ2n) is 5.89. The number of anilines is 2. The summed E-state index contributed by atoms with van der Waals surface area (Å²) in [6.07, 6.45) is 0.859. The molecule has 2 rings (SSSR count). The number of carbonyl (C=O) groups is 3. The normalized spacial score (nSPS) is 10.0. The van der Waals surface area contributed by atoms with Crippen molar-refractivity contribution in [2.45, 2.75) is 13.3 Å². The van der Waals surface area contributed by atoms with E-state index in [9.17, 15) is 14.4 Å². The van der Waals surface area contributed by atoms with Crippen LogP contribution in [0.2, 0.25) is 0 Å². The summed E-state index contributed by atoms with van der Waals surface area (Å²) in [7, 11) is 1.57. The highest BCUT2D eigenvalue weighted by molar-refractivity contribution is 5.98. The summed E-state index contributed by atoms with van der Waals surface area (Å²) in [6, 6.07) is 13.6. The van der Waals surface area contributed by atoms with Gasteiger partial charge in [-0.05, 0) is 48.9 Å². The van der Waals surface area contributed by atoms with Crippen LogP contribution in [0.5, 0.6) is 0 Å². The summed E-state index contributed by atoms with van der Waals surface area (Å²) in [5, 5.41) is 11.1. The fourth-order valence-corrected chi connectivity index (χ4v) is 2.35. The minimum atomic E-state index is -0.239. The molecule has 0 bridgehead atoms. The van der Waals surface area contributed by atoms with Gasteiger partial charge in [0.1, 0.15) is 0 Å². The highest BCUT2D eigenvalue weighted by Crippen LogP contribution is 2.12. The Morgan fingerprint density at radius 3 is 2.30 bits per heavy atom. The van der Waals surface area contributed by atoms with E-state index in [1.54, 1.807) is 55.6 Å². The Labute approximate surface area is 158 Å². The van der Waals surface area contributed by atoms with Crippen LogP contribution in [0.25, 0.3) is 0 Å². The van der Waals surface area contributed by atoms with E-state index >= 15 is 0 Å². The summed E-state index contributed by atoms with van der Waals surface area (Å²) in [5.74, 6) is -0.569. The highest BCUT2D eigenvalue weighted by Gasteiger charge is 2.08. The Balaban J connectivity index is 1.88. The van der Waals surface area contributed by atoms with E-state index in [-0.39, 0.29) is 24.3 Å². The summed E-state index contributed by atoms with van der Waals surface area (Å²) >= 11 is 0. The first-order valence-corrected chi connectivity index (χ1v) is 8.77. The largest absolute Gasteiger partial charge is 0.376 e. The minimum Gasteiger partial charge on any atom is -0.376 e. The minimum absolute atomic E-state index is 0.0611. The van der Waals surface area contributed by atoms with Crippen LogP contribution < -0.4 is 21.3 Å². The van der Waals surface area contributed by atoms with Gasteiger partial charge in [-0.15, -0.1) is 0 Å². The molecular weight excluding hydrogens is 344 g/mol. The maximum Gasteiger partial charge on any atom is 0.251 e. The quantitative estimate of drug-likeness (QED) is 0.574. The van der Waals surface area contributed by atoms with Crippen LogP contribution in [0.4, 0.5) is 11.4 Å². The Morgan fingerprint density at radius 2 is 1.63 bits per heavy atom. The van der Waals surface area contributed by atoms with Crippen LogP contribution in [0.15, 0.2) is 48.5 Å². The molecule has 0 spiro atoms. The average Bonchev–Trinajstić information content (AvgIpc) is 2.70. The number of carbonyl (C=O) groups excluding carboxylic acids is 3. The first-order valence-electron chi connectivity index (χ1n) is 8.77. The molecule has 0 fully saturated rings. The van der Waals surface area contributed by atoms with Crippen LogP contribution in [-0.2, 0) is 4.79 Å².